The van der Waals surface area contributed by atoms with Gasteiger partial charge in [-0.05, 0) is 34.1 Å². The second kappa shape index (κ2) is 4.11. The Labute approximate surface area is 106 Å². The molecule has 1 aromatic heterocycles. The van der Waals surface area contributed by atoms with E-state index in [4.69, 9.17) is 4.74 Å². The van der Waals surface area contributed by atoms with E-state index in [1.54, 1.807) is 11.3 Å². The normalized spacial score (nSPS) is 18.4. The molecule has 1 aliphatic heterocycles. The van der Waals surface area contributed by atoms with Gasteiger partial charge in [0.2, 0.25) is 0 Å². The zero-order chi connectivity index (χ0) is 11.0. The zero-order valence-corrected chi connectivity index (χ0v) is 10.8. The van der Waals surface area contributed by atoms with Crippen LogP contribution in [0.3, 0.4) is 0 Å². The molecule has 1 atom stereocenters. The van der Waals surface area contributed by atoms with Crippen molar-refractivity contribution in [3.63, 3.8) is 0 Å². The van der Waals surface area contributed by atoms with Crippen molar-refractivity contribution in [3.8, 4) is 5.75 Å². The number of fused-ring (bicyclic) bond motifs is 1. The first-order valence-corrected chi connectivity index (χ1v) is 6.74. The topological polar surface area (TPSA) is 21.3 Å². The molecule has 16 heavy (non-hydrogen) atoms. The minimum Gasteiger partial charge on any atom is -0.481 e. The lowest BCUT2D eigenvalue weighted by Gasteiger charge is -2.26. The Morgan fingerprint density at radius 1 is 1.38 bits per heavy atom. The fraction of sp³-hybridized carbons (Fsp3) is 0.167. The van der Waals surface area contributed by atoms with Crippen molar-refractivity contribution >= 4 is 33.0 Å². The Balaban J connectivity index is 1.88. The van der Waals surface area contributed by atoms with E-state index in [1.165, 1.54) is 4.88 Å². The lowest BCUT2D eigenvalue weighted by molar-refractivity contribution is 0.214. The second-order valence-corrected chi connectivity index (χ2v) is 5.51. The molecule has 0 radical (unpaired) electrons. The molecule has 2 nitrogen and oxygen atoms in total. The molecule has 0 saturated heterocycles. The number of halogens is 1. The van der Waals surface area contributed by atoms with Gasteiger partial charge in [-0.15, -0.1) is 11.3 Å². The molecule has 2 aromatic rings. The maximum absolute atomic E-state index is 5.96. The minimum atomic E-state index is 0.117. The Kier molecular flexibility index (Phi) is 2.61. The van der Waals surface area contributed by atoms with Crippen molar-refractivity contribution in [3.05, 3.63) is 45.1 Å². The van der Waals surface area contributed by atoms with E-state index in [0.717, 1.165) is 22.5 Å². The summed E-state index contributed by atoms with van der Waals surface area (Å²) in [5.41, 5.74) is 1.08. The van der Waals surface area contributed by atoms with E-state index >= 15 is 0 Å². The molecule has 0 spiro atoms. The third kappa shape index (κ3) is 1.83. The number of ether oxygens (including phenoxy) is 1. The summed E-state index contributed by atoms with van der Waals surface area (Å²) < 4.78 is 7.08. The fourth-order valence-electron chi connectivity index (χ4n) is 1.77. The van der Waals surface area contributed by atoms with Crippen molar-refractivity contribution in [2.24, 2.45) is 0 Å². The van der Waals surface area contributed by atoms with Crippen LogP contribution < -0.4 is 10.1 Å². The zero-order valence-electron chi connectivity index (χ0n) is 8.44. The van der Waals surface area contributed by atoms with E-state index in [2.05, 4.69) is 32.7 Å². The van der Waals surface area contributed by atoms with Crippen LogP contribution in [0.25, 0.3) is 0 Å². The van der Waals surface area contributed by atoms with Gasteiger partial charge < -0.3 is 10.1 Å². The highest BCUT2D eigenvalue weighted by Crippen LogP contribution is 2.36. The molecule has 1 unspecified atom stereocenters. The summed E-state index contributed by atoms with van der Waals surface area (Å²) >= 11 is 5.18. The first-order chi connectivity index (χ1) is 7.83. The SMILES string of the molecule is Brc1csc(C2CNc3ccccc3O2)c1. The Morgan fingerprint density at radius 2 is 2.25 bits per heavy atom. The minimum absolute atomic E-state index is 0.117. The first kappa shape index (κ1) is 10.2. The quantitative estimate of drug-likeness (QED) is 0.857. The molecule has 0 saturated carbocycles. The molecule has 82 valence electrons. The summed E-state index contributed by atoms with van der Waals surface area (Å²) in [4.78, 5) is 1.24. The smallest absolute Gasteiger partial charge is 0.150 e. The Bertz CT molecular complexity index is 511. The Morgan fingerprint density at radius 3 is 3.06 bits per heavy atom. The highest BCUT2D eigenvalue weighted by Gasteiger charge is 2.21. The van der Waals surface area contributed by atoms with Crippen molar-refractivity contribution in [2.75, 3.05) is 11.9 Å². The van der Waals surface area contributed by atoms with Gasteiger partial charge in [0, 0.05) is 14.7 Å². The van der Waals surface area contributed by atoms with Crippen LogP contribution in [-0.4, -0.2) is 6.54 Å². The number of anilines is 1. The molecule has 1 N–H and O–H groups in total. The molecule has 2 heterocycles. The van der Waals surface area contributed by atoms with Crippen LogP contribution >= 0.6 is 27.3 Å². The third-order valence-corrected chi connectivity index (χ3v) is 4.32. The van der Waals surface area contributed by atoms with Gasteiger partial charge >= 0.3 is 0 Å². The number of hydrogen-bond acceptors (Lipinski definition) is 3. The third-order valence-electron chi connectivity index (χ3n) is 2.54. The van der Waals surface area contributed by atoms with Crippen LogP contribution in [0.2, 0.25) is 0 Å². The van der Waals surface area contributed by atoms with Gasteiger partial charge in [-0.2, -0.15) is 0 Å². The summed E-state index contributed by atoms with van der Waals surface area (Å²) in [6, 6.07) is 10.2. The average Bonchev–Trinajstić information content (AvgIpc) is 2.75. The van der Waals surface area contributed by atoms with E-state index in [1.807, 2.05) is 24.3 Å². The number of thiophene rings is 1. The maximum Gasteiger partial charge on any atom is 0.150 e. The van der Waals surface area contributed by atoms with Crippen molar-refractivity contribution < 1.29 is 4.74 Å². The van der Waals surface area contributed by atoms with E-state index in [-0.39, 0.29) is 6.10 Å². The van der Waals surface area contributed by atoms with Gasteiger partial charge in [0.25, 0.3) is 0 Å². The lowest BCUT2D eigenvalue weighted by atomic mass is 10.2. The van der Waals surface area contributed by atoms with Crippen LogP contribution in [0, 0.1) is 0 Å². The molecule has 0 amide bonds. The van der Waals surface area contributed by atoms with E-state index in [9.17, 15) is 0 Å². The molecule has 0 bridgehead atoms. The first-order valence-electron chi connectivity index (χ1n) is 5.06. The van der Waals surface area contributed by atoms with Crippen LogP contribution in [0.1, 0.15) is 11.0 Å². The van der Waals surface area contributed by atoms with Crippen molar-refractivity contribution in [1.82, 2.24) is 0 Å². The number of hydrogen-bond donors (Lipinski definition) is 1. The molecule has 3 rings (SSSR count). The highest BCUT2D eigenvalue weighted by molar-refractivity contribution is 9.10. The van der Waals surface area contributed by atoms with Gasteiger partial charge in [0.15, 0.2) is 6.10 Å². The predicted molar refractivity (Wildman–Crippen MR) is 70.3 cm³/mol. The van der Waals surface area contributed by atoms with Gasteiger partial charge in [0.05, 0.1) is 12.2 Å². The van der Waals surface area contributed by atoms with E-state index < -0.39 is 0 Å². The van der Waals surface area contributed by atoms with Crippen LogP contribution in [0.5, 0.6) is 5.75 Å². The van der Waals surface area contributed by atoms with Crippen LogP contribution in [0.4, 0.5) is 5.69 Å². The standard InChI is InChI=1S/C12H10BrNOS/c13-8-5-12(16-7-8)11-6-14-9-3-1-2-4-10(9)15-11/h1-5,7,11,14H,6H2. The van der Waals surface area contributed by atoms with Gasteiger partial charge in [-0.1, -0.05) is 12.1 Å². The lowest BCUT2D eigenvalue weighted by Crippen LogP contribution is -2.22. The van der Waals surface area contributed by atoms with Gasteiger partial charge in [-0.25, -0.2) is 0 Å². The molecular weight excluding hydrogens is 286 g/mol. The molecule has 1 aliphatic rings. The summed E-state index contributed by atoms with van der Waals surface area (Å²) in [6.07, 6.45) is 0.117. The summed E-state index contributed by atoms with van der Waals surface area (Å²) in [7, 11) is 0. The van der Waals surface area contributed by atoms with E-state index in [0.29, 0.717) is 0 Å². The Hall–Kier alpha value is -1.00. The highest BCUT2D eigenvalue weighted by atomic mass is 79.9. The molecule has 0 aliphatic carbocycles. The number of rotatable bonds is 1. The van der Waals surface area contributed by atoms with Crippen molar-refractivity contribution in [1.29, 1.82) is 0 Å². The van der Waals surface area contributed by atoms with Crippen LogP contribution in [-0.2, 0) is 0 Å². The monoisotopic (exact) mass is 295 g/mol. The molecule has 1 aromatic carbocycles. The molecule has 0 fully saturated rings. The molecule has 4 heteroatoms. The number of nitrogens with one attached hydrogen (secondary N) is 1. The maximum atomic E-state index is 5.96. The molecular formula is C12H10BrNOS. The summed E-state index contributed by atoms with van der Waals surface area (Å²) in [6.45, 7) is 0.823. The summed E-state index contributed by atoms with van der Waals surface area (Å²) in [5, 5.41) is 5.47. The fourth-order valence-corrected chi connectivity index (χ4v) is 3.24. The van der Waals surface area contributed by atoms with Crippen molar-refractivity contribution in [2.45, 2.75) is 6.10 Å². The number of para-hydroxylation sites is 2. The average molecular weight is 296 g/mol. The summed E-state index contributed by atoms with van der Waals surface area (Å²) in [5.74, 6) is 0.934. The predicted octanol–water partition coefficient (Wildman–Crippen LogP) is 4.06. The number of benzene rings is 1. The second-order valence-electron chi connectivity index (χ2n) is 3.65. The van der Waals surface area contributed by atoms with Gasteiger partial charge in [0.1, 0.15) is 5.75 Å². The largest absolute Gasteiger partial charge is 0.481 e. The van der Waals surface area contributed by atoms with Gasteiger partial charge in [-0.3, -0.25) is 0 Å². The van der Waals surface area contributed by atoms with Crippen LogP contribution in [0.15, 0.2) is 40.2 Å².